The number of benzene rings is 9. The fraction of sp³-hybridized carbons (Fsp3) is 0.156. The highest BCUT2D eigenvalue weighted by Gasteiger charge is 2.10. The Balaban J connectivity index is 0.745. The summed E-state index contributed by atoms with van der Waals surface area (Å²) in [6.45, 7) is 0. The molecule has 0 saturated heterocycles. The predicted molar refractivity (Wildman–Crippen MR) is 276 cm³/mol. The molecule has 0 heterocycles. The molecule has 2 fully saturated rings. The minimum atomic E-state index is 1.23. The molecule has 9 aromatic carbocycles. The standard InChI is InChI=1S/C64H54/c1-3-7-45(8-4-1)41-47-11-15-49(16-12-47)51-19-23-53(24-20-51)55-27-31-57(32-28-55)59-37-39-63-61(43-59)35-36-62-44-60(38-40-64(62)63)58-33-29-56(30-34-58)54-25-21-52(22-26-54)50-17-13-48(14-18-50)42-46-9-5-2-6-10-46/h11-44H,1-10H2. The van der Waals surface area contributed by atoms with E-state index in [-0.39, 0.29) is 0 Å². The highest BCUT2D eigenvalue weighted by molar-refractivity contribution is 6.09. The molecular formula is C64H54. The van der Waals surface area contributed by atoms with E-state index in [4.69, 9.17) is 0 Å². The summed E-state index contributed by atoms with van der Waals surface area (Å²) in [5, 5.41) is 5.09. The summed E-state index contributed by atoms with van der Waals surface area (Å²) in [6.07, 6.45) is 18.0. The molecule has 2 aliphatic rings. The van der Waals surface area contributed by atoms with Crippen LogP contribution in [0.4, 0.5) is 0 Å². The Bertz CT molecular complexity index is 2890. The van der Waals surface area contributed by atoms with Crippen LogP contribution in [0.2, 0.25) is 0 Å². The molecule has 0 aliphatic heterocycles. The summed E-state index contributed by atoms with van der Waals surface area (Å²) in [5.41, 5.74) is 20.8. The van der Waals surface area contributed by atoms with Gasteiger partial charge in [0.05, 0.1) is 0 Å². The van der Waals surface area contributed by atoms with Gasteiger partial charge in [-0.3, -0.25) is 0 Å². The molecule has 0 aromatic heterocycles. The van der Waals surface area contributed by atoms with E-state index < -0.39 is 0 Å². The van der Waals surface area contributed by atoms with Crippen LogP contribution in [0.1, 0.15) is 75.3 Å². The predicted octanol–water partition coefficient (Wildman–Crippen LogP) is 18.7. The fourth-order valence-electron chi connectivity index (χ4n) is 10.2. The van der Waals surface area contributed by atoms with Crippen molar-refractivity contribution in [3.63, 3.8) is 0 Å². The Kier molecular flexibility index (Phi) is 11.2. The third-order valence-electron chi connectivity index (χ3n) is 13.9. The third-order valence-corrected chi connectivity index (χ3v) is 13.9. The first-order chi connectivity index (χ1) is 31.6. The maximum atomic E-state index is 2.40. The second-order valence-corrected chi connectivity index (χ2v) is 18.2. The Morgan fingerprint density at radius 3 is 0.734 bits per heavy atom. The molecule has 2 saturated carbocycles. The maximum Gasteiger partial charge on any atom is -0.0105 e. The van der Waals surface area contributed by atoms with Crippen LogP contribution in [0.25, 0.3) is 100 Å². The Labute approximate surface area is 379 Å². The van der Waals surface area contributed by atoms with Gasteiger partial charge in [0.2, 0.25) is 0 Å². The van der Waals surface area contributed by atoms with Gasteiger partial charge in [-0.15, -0.1) is 0 Å². The first kappa shape index (κ1) is 39.8. The van der Waals surface area contributed by atoms with Crippen molar-refractivity contribution in [2.45, 2.75) is 64.2 Å². The van der Waals surface area contributed by atoms with Gasteiger partial charge in [-0.05, 0) is 163 Å². The molecule has 310 valence electrons. The molecule has 0 nitrogen and oxygen atoms in total. The van der Waals surface area contributed by atoms with Gasteiger partial charge in [0.15, 0.2) is 0 Å². The van der Waals surface area contributed by atoms with Crippen molar-refractivity contribution in [3.05, 3.63) is 216 Å². The van der Waals surface area contributed by atoms with Gasteiger partial charge in [0, 0.05) is 0 Å². The molecule has 0 spiro atoms. The molecule has 2 aliphatic carbocycles. The lowest BCUT2D eigenvalue weighted by Gasteiger charge is -2.13. The normalized spacial score (nSPS) is 14.2. The lowest BCUT2D eigenvalue weighted by atomic mass is 9.93. The second kappa shape index (κ2) is 18.0. The van der Waals surface area contributed by atoms with Gasteiger partial charge >= 0.3 is 0 Å². The van der Waals surface area contributed by atoms with Crippen molar-refractivity contribution in [1.82, 2.24) is 0 Å². The van der Waals surface area contributed by atoms with Crippen molar-refractivity contribution in [2.75, 3.05) is 0 Å². The number of hydrogen-bond donors (Lipinski definition) is 0. The first-order valence-corrected chi connectivity index (χ1v) is 23.6. The Morgan fingerprint density at radius 2 is 0.453 bits per heavy atom. The van der Waals surface area contributed by atoms with Crippen LogP contribution >= 0.6 is 0 Å². The Morgan fingerprint density at radius 1 is 0.219 bits per heavy atom. The molecule has 0 N–H and O–H groups in total. The summed E-state index contributed by atoms with van der Waals surface area (Å²) in [5.74, 6) is 0. The van der Waals surface area contributed by atoms with Gasteiger partial charge in [-0.1, -0.05) is 218 Å². The molecule has 0 heteroatoms. The number of allylic oxidation sites excluding steroid dienone is 2. The van der Waals surface area contributed by atoms with Crippen molar-refractivity contribution in [2.24, 2.45) is 0 Å². The monoisotopic (exact) mass is 822 g/mol. The highest BCUT2D eigenvalue weighted by atomic mass is 14.2. The highest BCUT2D eigenvalue weighted by Crippen LogP contribution is 2.35. The zero-order valence-corrected chi connectivity index (χ0v) is 36.7. The molecule has 0 radical (unpaired) electrons. The van der Waals surface area contributed by atoms with E-state index >= 15 is 0 Å². The van der Waals surface area contributed by atoms with Crippen molar-refractivity contribution in [1.29, 1.82) is 0 Å². The molecule has 0 atom stereocenters. The first-order valence-electron chi connectivity index (χ1n) is 23.6. The largest absolute Gasteiger partial charge is 0.0696 e. The maximum absolute atomic E-state index is 2.40. The summed E-state index contributed by atoms with van der Waals surface area (Å²) in [4.78, 5) is 0. The number of fused-ring (bicyclic) bond motifs is 3. The lowest BCUT2D eigenvalue weighted by Crippen LogP contribution is -1.93. The smallest absolute Gasteiger partial charge is 0.0105 e. The minimum Gasteiger partial charge on any atom is -0.0696 e. The summed E-state index contributed by atoms with van der Waals surface area (Å²) in [6, 6.07) is 72.5. The van der Waals surface area contributed by atoms with E-state index in [1.807, 2.05) is 0 Å². The van der Waals surface area contributed by atoms with Gasteiger partial charge in [0.1, 0.15) is 0 Å². The van der Waals surface area contributed by atoms with Crippen molar-refractivity contribution >= 4 is 33.7 Å². The van der Waals surface area contributed by atoms with Crippen molar-refractivity contribution in [3.8, 4) is 66.8 Å². The quantitative estimate of drug-likeness (QED) is 0.134. The van der Waals surface area contributed by atoms with Crippen LogP contribution in [0.5, 0.6) is 0 Å². The van der Waals surface area contributed by atoms with E-state index in [1.165, 1.54) is 164 Å². The van der Waals surface area contributed by atoms with E-state index in [2.05, 4.69) is 206 Å². The minimum absolute atomic E-state index is 1.23. The second-order valence-electron chi connectivity index (χ2n) is 18.2. The average Bonchev–Trinajstić information content (AvgIpc) is 3.37. The van der Waals surface area contributed by atoms with Crippen LogP contribution in [0, 0.1) is 0 Å². The van der Waals surface area contributed by atoms with Gasteiger partial charge < -0.3 is 0 Å². The van der Waals surface area contributed by atoms with Crippen LogP contribution in [0.15, 0.2) is 205 Å². The van der Waals surface area contributed by atoms with Gasteiger partial charge in [0.25, 0.3) is 0 Å². The molecule has 0 bridgehead atoms. The van der Waals surface area contributed by atoms with Crippen molar-refractivity contribution < 1.29 is 0 Å². The third kappa shape index (κ3) is 8.66. The SMILES string of the molecule is C(=C1CCCCC1)c1ccc(-c2ccc(-c3ccc(-c4ccc5c(ccc6cc(-c7ccc(-c8ccc(-c9ccc(C=C%10CCCCC%10)cc9)cc8)cc7)ccc65)c4)cc3)cc2)cc1. The average molecular weight is 823 g/mol. The van der Waals surface area contributed by atoms with E-state index in [0.29, 0.717) is 0 Å². The zero-order valence-electron chi connectivity index (χ0n) is 36.7. The Hall–Kier alpha value is -7.02. The van der Waals surface area contributed by atoms with Crippen LogP contribution in [-0.2, 0) is 0 Å². The zero-order chi connectivity index (χ0) is 42.7. The topological polar surface area (TPSA) is 0 Å². The fourth-order valence-corrected chi connectivity index (χ4v) is 10.2. The summed E-state index contributed by atoms with van der Waals surface area (Å²) >= 11 is 0. The summed E-state index contributed by atoms with van der Waals surface area (Å²) in [7, 11) is 0. The number of rotatable bonds is 8. The van der Waals surface area contributed by atoms with E-state index in [0.717, 1.165) is 0 Å². The molecule has 11 rings (SSSR count). The van der Waals surface area contributed by atoms with Crippen LogP contribution < -0.4 is 0 Å². The van der Waals surface area contributed by atoms with Crippen LogP contribution in [-0.4, -0.2) is 0 Å². The van der Waals surface area contributed by atoms with E-state index in [9.17, 15) is 0 Å². The molecular weight excluding hydrogens is 769 g/mol. The lowest BCUT2D eigenvalue weighted by molar-refractivity contribution is 0.602. The van der Waals surface area contributed by atoms with Gasteiger partial charge in [-0.25, -0.2) is 0 Å². The molecule has 0 amide bonds. The molecule has 9 aromatic rings. The molecule has 0 unspecified atom stereocenters. The van der Waals surface area contributed by atoms with E-state index in [1.54, 1.807) is 11.1 Å². The van der Waals surface area contributed by atoms with Crippen LogP contribution in [0.3, 0.4) is 0 Å². The summed E-state index contributed by atoms with van der Waals surface area (Å²) < 4.78 is 0. The van der Waals surface area contributed by atoms with Gasteiger partial charge in [-0.2, -0.15) is 0 Å². The number of hydrogen-bond acceptors (Lipinski definition) is 0. The molecule has 64 heavy (non-hydrogen) atoms.